The molecule has 0 saturated heterocycles. The van der Waals surface area contributed by atoms with Crippen LogP contribution >= 0.6 is 12.2 Å². The van der Waals surface area contributed by atoms with Gasteiger partial charge in [0, 0.05) is 24.2 Å². The van der Waals surface area contributed by atoms with Crippen LogP contribution in [0.25, 0.3) is 0 Å². The Balaban J connectivity index is 1.82. The molecule has 0 bridgehead atoms. The van der Waals surface area contributed by atoms with Crippen LogP contribution in [0.15, 0.2) is 54.6 Å². The molecule has 2 amide bonds. The van der Waals surface area contributed by atoms with Gasteiger partial charge in [0.1, 0.15) is 0 Å². The molecule has 136 valence electrons. The van der Waals surface area contributed by atoms with Gasteiger partial charge in [-0.1, -0.05) is 43.7 Å². The standard InChI is InChI=1S/C20H23N3O2S/c1-2-3-9-18(24)23-20(26)22-17-12-10-16(11-13-17)19(25)21-14-15-7-5-4-6-8-15/h4-8,10-13H,2-3,9,14H2,1H3,(H,21,25)(H2,22,23,24,26). The van der Waals surface area contributed by atoms with Gasteiger partial charge < -0.3 is 16.0 Å². The van der Waals surface area contributed by atoms with E-state index in [1.54, 1.807) is 24.3 Å². The Morgan fingerprint density at radius 2 is 1.69 bits per heavy atom. The topological polar surface area (TPSA) is 70.2 Å². The van der Waals surface area contributed by atoms with Crippen LogP contribution in [0, 0.1) is 0 Å². The van der Waals surface area contributed by atoms with Crippen LogP contribution in [-0.4, -0.2) is 16.9 Å². The average molecular weight is 369 g/mol. The summed E-state index contributed by atoms with van der Waals surface area (Å²) in [7, 11) is 0. The van der Waals surface area contributed by atoms with Gasteiger partial charge in [-0.3, -0.25) is 9.59 Å². The smallest absolute Gasteiger partial charge is 0.251 e. The van der Waals surface area contributed by atoms with Crippen LogP contribution in [0.4, 0.5) is 5.69 Å². The van der Waals surface area contributed by atoms with Gasteiger partial charge >= 0.3 is 0 Å². The highest BCUT2D eigenvalue weighted by atomic mass is 32.1. The lowest BCUT2D eigenvalue weighted by Crippen LogP contribution is -2.33. The van der Waals surface area contributed by atoms with Crippen LogP contribution in [-0.2, 0) is 11.3 Å². The number of unbranched alkanes of at least 4 members (excludes halogenated alkanes) is 1. The molecule has 0 heterocycles. The summed E-state index contributed by atoms with van der Waals surface area (Å²) >= 11 is 5.12. The van der Waals surface area contributed by atoms with Crippen LogP contribution in [0.3, 0.4) is 0 Å². The van der Waals surface area contributed by atoms with Gasteiger partial charge in [-0.15, -0.1) is 0 Å². The third kappa shape index (κ3) is 6.64. The molecule has 0 atom stereocenters. The fourth-order valence-corrected chi connectivity index (χ4v) is 2.51. The molecule has 0 saturated carbocycles. The highest BCUT2D eigenvalue weighted by Gasteiger charge is 2.07. The van der Waals surface area contributed by atoms with Crippen molar-refractivity contribution in [2.45, 2.75) is 32.7 Å². The van der Waals surface area contributed by atoms with Gasteiger partial charge in [-0.05, 0) is 48.5 Å². The van der Waals surface area contributed by atoms with Gasteiger partial charge in [0.05, 0.1) is 0 Å². The molecule has 2 aromatic rings. The molecule has 0 aromatic heterocycles. The lowest BCUT2D eigenvalue weighted by molar-refractivity contribution is -0.119. The third-order valence-corrected chi connectivity index (χ3v) is 3.92. The summed E-state index contributed by atoms with van der Waals surface area (Å²) in [5.74, 6) is -0.239. The number of carbonyl (C=O) groups is 2. The maximum Gasteiger partial charge on any atom is 0.251 e. The number of carbonyl (C=O) groups excluding carboxylic acids is 2. The molecule has 0 unspecified atom stereocenters. The van der Waals surface area contributed by atoms with E-state index >= 15 is 0 Å². The summed E-state index contributed by atoms with van der Waals surface area (Å²) in [6.07, 6.45) is 2.25. The Bertz CT molecular complexity index is 745. The first kappa shape index (κ1) is 19.6. The summed E-state index contributed by atoms with van der Waals surface area (Å²) in [5.41, 5.74) is 2.32. The summed E-state index contributed by atoms with van der Waals surface area (Å²) in [6.45, 7) is 2.51. The van der Waals surface area contributed by atoms with Crippen molar-refractivity contribution in [2.75, 3.05) is 5.32 Å². The third-order valence-electron chi connectivity index (χ3n) is 3.71. The van der Waals surface area contributed by atoms with Crippen molar-refractivity contribution in [3.8, 4) is 0 Å². The molecule has 2 rings (SSSR count). The molecule has 26 heavy (non-hydrogen) atoms. The lowest BCUT2D eigenvalue weighted by atomic mass is 10.2. The number of anilines is 1. The molecule has 0 fully saturated rings. The first-order valence-corrected chi connectivity index (χ1v) is 9.02. The molecule has 0 radical (unpaired) electrons. The van der Waals surface area contributed by atoms with E-state index in [0.717, 1.165) is 18.4 Å². The van der Waals surface area contributed by atoms with Gasteiger partial charge in [0.15, 0.2) is 5.11 Å². The zero-order valence-corrected chi connectivity index (χ0v) is 15.6. The van der Waals surface area contributed by atoms with Crippen LogP contribution in [0.2, 0.25) is 0 Å². The van der Waals surface area contributed by atoms with E-state index in [9.17, 15) is 9.59 Å². The zero-order valence-electron chi connectivity index (χ0n) is 14.7. The van der Waals surface area contributed by atoms with Crippen molar-refractivity contribution >= 4 is 34.8 Å². The van der Waals surface area contributed by atoms with E-state index in [1.807, 2.05) is 37.3 Å². The second-order valence-corrected chi connectivity index (χ2v) is 6.26. The lowest BCUT2D eigenvalue weighted by Gasteiger charge is -2.10. The molecular weight excluding hydrogens is 346 g/mol. The van der Waals surface area contributed by atoms with Crippen LogP contribution < -0.4 is 16.0 Å². The van der Waals surface area contributed by atoms with Gasteiger partial charge in [0.25, 0.3) is 5.91 Å². The van der Waals surface area contributed by atoms with Gasteiger partial charge in [-0.2, -0.15) is 0 Å². The average Bonchev–Trinajstić information content (AvgIpc) is 2.65. The monoisotopic (exact) mass is 369 g/mol. The predicted octanol–water partition coefficient (Wildman–Crippen LogP) is 3.62. The van der Waals surface area contributed by atoms with Crippen molar-refractivity contribution in [2.24, 2.45) is 0 Å². The molecule has 6 heteroatoms. The number of amides is 2. The highest BCUT2D eigenvalue weighted by Crippen LogP contribution is 2.10. The van der Waals surface area contributed by atoms with E-state index in [-0.39, 0.29) is 16.9 Å². The molecule has 3 N–H and O–H groups in total. The Morgan fingerprint density at radius 3 is 2.35 bits per heavy atom. The van der Waals surface area contributed by atoms with Crippen molar-refractivity contribution in [3.05, 3.63) is 65.7 Å². The molecule has 0 spiro atoms. The predicted molar refractivity (Wildman–Crippen MR) is 108 cm³/mol. The Kier molecular flexibility index (Phi) is 7.76. The second kappa shape index (κ2) is 10.3. The summed E-state index contributed by atoms with van der Waals surface area (Å²) in [5, 5.41) is 8.72. The minimum Gasteiger partial charge on any atom is -0.348 e. The zero-order chi connectivity index (χ0) is 18.8. The molecular formula is C20H23N3O2S. The molecule has 0 aliphatic heterocycles. The van der Waals surface area contributed by atoms with Crippen molar-refractivity contribution in [1.29, 1.82) is 0 Å². The van der Waals surface area contributed by atoms with Gasteiger partial charge in [-0.25, -0.2) is 0 Å². The molecule has 5 nitrogen and oxygen atoms in total. The van der Waals surface area contributed by atoms with Gasteiger partial charge in [0.2, 0.25) is 5.91 Å². The largest absolute Gasteiger partial charge is 0.348 e. The Labute approximate surface area is 159 Å². The molecule has 0 aliphatic rings. The normalized spacial score (nSPS) is 10.0. The van der Waals surface area contributed by atoms with Crippen molar-refractivity contribution < 1.29 is 9.59 Å². The number of hydrogen-bond acceptors (Lipinski definition) is 3. The van der Waals surface area contributed by atoms with E-state index in [0.29, 0.717) is 24.2 Å². The molecule has 2 aromatic carbocycles. The second-order valence-electron chi connectivity index (χ2n) is 5.85. The fourth-order valence-electron chi connectivity index (χ4n) is 2.27. The van der Waals surface area contributed by atoms with Crippen LogP contribution in [0.1, 0.15) is 42.1 Å². The Hall–Kier alpha value is -2.73. The number of thiocarbonyl (C=S) groups is 1. The fraction of sp³-hybridized carbons (Fsp3) is 0.250. The minimum absolute atomic E-state index is 0.0961. The Morgan fingerprint density at radius 1 is 1.00 bits per heavy atom. The summed E-state index contributed by atoms with van der Waals surface area (Å²) < 4.78 is 0. The summed E-state index contributed by atoms with van der Waals surface area (Å²) in [6, 6.07) is 16.7. The number of benzene rings is 2. The number of rotatable bonds is 7. The van der Waals surface area contributed by atoms with Crippen LogP contribution in [0.5, 0.6) is 0 Å². The summed E-state index contributed by atoms with van der Waals surface area (Å²) in [4.78, 5) is 23.8. The minimum atomic E-state index is -0.143. The van der Waals surface area contributed by atoms with E-state index in [2.05, 4.69) is 16.0 Å². The number of hydrogen-bond donors (Lipinski definition) is 3. The van der Waals surface area contributed by atoms with E-state index < -0.39 is 0 Å². The van der Waals surface area contributed by atoms with E-state index in [4.69, 9.17) is 12.2 Å². The van der Waals surface area contributed by atoms with E-state index in [1.165, 1.54) is 0 Å². The quantitative estimate of drug-likeness (QED) is 0.652. The van der Waals surface area contributed by atoms with Crippen molar-refractivity contribution in [1.82, 2.24) is 10.6 Å². The first-order valence-electron chi connectivity index (χ1n) is 8.61. The van der Waals surface area contributed by atoms with Crippen molar-refractivity contribution in [3.63, 3.8) is 0 Å². The maximum atomic E-state index is 12.2. The highest BCUT2D eigenvalue weighted by molar-refractivity contribution is 7.80. The molecule has 0 aliphatic carbocycles. The SMILES string of the molecule is CCCCC(=O)NC(=S)Nc1ccc(C(=O)NCc2ccccc2)cc1. The first-order chi connectivity index (χ1) is 12.6. The maximum absolute atomic E-state index is 12.2. The number of nitrogens with one attached hydrogen (secondary N) is 3.